The third-order valence-electron chi connectivity index (χ3n) is 4.47. The number of hydrogen-bond acceptors (Lipinski definition) is 2. The molecule has 2 aromatic carbocycles. The minimum atomic E-state index is -0.152. The van der Waals surface area contributed by atoms with Gasteiger partial charge in [0.25, 0.3) is 0 Å². The second-order valence-electron chi connectivity index (χ2n) is 6.18. The highest BCUT2D eigenvalue weighted by atomic mass is 16.2. The van der Waals surface area contributed by atoms with Crippen LogP contribution in [0.25, 0.3) is 0 Å². The second kappa shape index (κ2) is 7.30. The number of amides is 2. The van der Waals surface area contributed by atoms with E-state index in [1.54, 1.807) is 4.90 Å². The van der Waals surface area contributed by atoms with Gasteiger partial charge >= 0.3 is 0 Å². The maximum Gasteiger partial charge on any atom is 0.243 e. The Morgan fingerprint density at radius 2 is 1.83 bits per heavy atom. The molecule has 0 spiro atoms. The van der Waals surface area contributed by atoms with Crippen molar-refractivity contribution in [3.05, 3.63) is 65.7 Å². The maximum absolute atomic E-state index is 12.2. The molecule has 4 nitrogen and oxygen atoms in total. The van der Waals surface area contributed by atoms with Crippen LogP contribution in [0.2, 0.25) is 0 Å². The van der Waals surface area contributed by atoms with E-state index in [4.69, 9.17) is 0 Å². The van der Waals surface area contributed by atoms with Gasteiger partial charge in [-0.25, -0.2) is 0 Å². The summed E-state index contributed by atoms with van der Waals surface area (Å²) in [4.78, 5) is 26.0. The standard InChI is InChI=1S/C20H22N2O2/c1-2-15-8-10-18(11-9-15)21-19(23)14-22-13-17(12-20(22)24)16-6-4-3-5-7-16/h3-11,17H,2,12-14H2,1H3,(H,21,23)/t17-/m1/s1. The van der Waals surface area contributed by atoms with Gasteiger partial charge in [-0.1, -0.05) is 49.4 Å². The molecule has 1 aliphatic rings. The van der Waals surface area contributed by atoms with Crippen molar-refractivity contribution in [3.63, 3.8) is 0 Å². The van der Waals surface area contributed by atoms with Crippen molar-refractivity contribution in [3.8, 4) is 0 Å². The Labute approximate surface area is 142 Å². The molecule has 1 fully saturated rings. The molecule has 3 rings (SSSR count). The van der Waals surface area contributed by atoms with Gasteiger partial charge in [0.15, 0.2) is 0 Å². The molecule has 1 heterocycles. The SMILES string of the molecule is CCc1ccc(NC(=O)CN2C[C@H](c3ccccc3)CC2=O)cc1. The lowest BCUT2D eigenvalue weighted by Gasteiger charge is -2.16. The molecule has 2 amide bonds. The number of likely N-dealkylation sites (tertiary alicyclic amines) is 1. The van der Waals surface area contributed by atoms with E-state index in [2.05, 4.69) is 12.2 Å². The predicted molar refractivity (Wildman–Crippen MR) is 94.8 cm³/mol. The minimum Gasteiger partial charge on any atom is -0.333 e. The Kier molecular flexibility index (Phi) is 4.94. The van der Waals surface area contributed by atoms with E-state index in [1.807, 2.05) is 54.6 Å². The van der Waals surface area contributed by atoms with Gasteiger partial charge in [0.05, 0.1) is 6.54 Å². The van der Waals surface area contributed by atoms with Crippen molar-refractivity contribution in [2.75, 3.05) is 18.4 Å². The fourth-order valence-corrected chi connectivity index (χ4v) is 3.07. The summed E-state index contributed by atoms with van der Waals surface area (Å²) in [6, 6.07) is 17.8. The lowest BCUT2D eigenvalue weighted by atomic mass is 9.99. The largest absolute Gasteiger partial charge is 0.333 e. The summed E-state index contributed by atoms with van der Waals surface area (Å²) in [5, 5.41) is 2.86. The summed E-state index contributed by atoms with van der Waals surface area (Å²) >= 11 is 0. The molecular weight excluding hydrogens is 300 g/mol. The van der Waals surface area contributed by atoms with Gasteiger partial charge in [-0.3, -0.25) is 9.59 Å². The van der Waals surface area contributed by atoms with Crippen LogP contribution in [-0.4, -0.2) is 29.8 Å². The van der Waals surface area contributed by atoms with E-state index in [1.165, 1.54) is 5.56 Å². The minimum absolute atomic E-state index is 0.0420. The van der Waals surface area contributed by atoms with Crippen molar-refractivity contribution < 1.29 is 9.59 Å². The zero-order valence-electron chi connectivity index (χ0n) is 13.9. The van der Waals surface area contributed by atoms with Crippen LogP contribution in [0.5, 0.6) is 0 Å². The molecule has 0 aromatic heterocycles. The number of carbonyl (C=O) groups is 2. The van der Waals surface area contributed by atoms with Crippen LogP contribution in [0.1, 0.15) is 30.4 Å². The third kappa shape index (κ3) is 3.82. The van der Waals surface area contributed by atoms with Crippen molar-refractivity contribution in [2.24, 2.45) is 0 Å². The average molecular weight is 322 g/mol. The Morgan fingerprint density at radius 1 is 1.12 bits per heavy atom. The molecule has 0 aliphatic carbocycles. The van der Waals surface area contributed by atoms with Crippen LogP contribution >= 0.6 is 0 Å². The Balaban J connectivity index is 1.57. The van der Waals surface area contributed by atoms with Gasteiger partial charge in [0.1, 0.15) is 0 Å². The first kappa shape index (κ1) is 16.2. The van der Waals surface area contributed by atoms with Crippen LogP contribution in [0, 0.1) is 0 Å². The third-order valence-corrected chi connectivity index (χ3v) is 4.47. The molecule has 4 heteroatoms. The van der Waals surface area contributed by atoms with Gasteiger partial charge in [0, 0.05) is 24.6 Å². The van der Waals surface area contributed by atoms with Crippen molar-refractivity contribution in [1.29, 1.82) is 0 Å². The van der Waals surface area contributed by atoms with E-state index in [0.29, 0.717) is 13.0 Å². The van der Waals surface area contributed by atoms with E-state index in [0.717, 1.165) is 17.7 Å². The smallest absolute Gasteiger partial charge is 0.243 e. The first-order chi connectivity index (χ1) is 11.7. The number of hydrogen-bond donors (Lipinski definition) is 1. The van der Waals surface area contributed by atoms with Gasteiger partial charge in [0.2, 0.25) is 11.8 Å². The molecule has 0 saturated carbocycles. The van der Waals surface area contributed by atoms with Crippen LogP contribution in [0.3, 0.4) is 0 Å². The topological polar surface area (TPSA) is 49.4 Å². The Morgan fingerprint density at radius 3 is 2.50 bits per heavy atom. The number of anilines is 1. The van der Waals surface area contributed by atoms with Crippen molar-refractivity contribution in [1.82, 2.24) is 4.90 Å². The van der Waals surface area contributed by atoms with E-state index < -0.39 is 0 Å². The van der Waals surface area contributed by atoms with E-state index >= 15 is 0 Å². The summed E-state index contributed by atoms with van der Waals surface area (Å²) in [5.41, 5.74) is 3.15. The molecule has 1 N–H and O–H groups in total. The highest BCUT2D eigenvalue weighted by molar-refractivity contribution is 5.95. The van der Waals surface area contributed by atoms with Crippen molar-refractivity contribution >= 4 is 17.5 Å². The number of benzene rings is 2. The highest BCUT2D eigenvalue weighted by Gasteiger charge is 2.31. The normalized spacial score (nSPS) is 17.1. The Bertz CT molecular complexity index is 710. The van der Waals surface area contributed by atoms with Gasteiger partial charge < -0.3 is 10.2 Å². The zero-order valence-corrected chi connectivity index (χ0v) is 13.9. The lowest BCUT2D eigenvalue weighted by molar-refractivity contribution is -0.131. The second-order valence-corrected chi connectivity index (χ2v) is 6.18. The van der Waals surface area contributed by atoms with Gasteiger partial charge in [-0.05, 0) is 29.7 Å². The molecule has 24 heavy (non-hydrogen) atoms. The van der Waals surface area contributed by atoms with Crippen molar-refractivity contribution in [2.45, 2.75) is 25.7 Å². The van der Waals surface area contributed by atoms with Crippen LogP contribution in [-0.2, 0) is 16.0 Å². The summed E-state index contributed by atoms with van der Waals surface area (Å²) < 4.78 is 0. The number of nitrogens with zero attached hydrogens (tertiary/aromatic N) is 1. The molecule has 0 unspecified atom stereocenters. The molecule has 124 valence electrons. The van der Waals surface area contributed by atoms with E-state index in [9.17, 15) is 9.59 Å². The lowest BCUT2D eigenvalue weighted by Crippen LogP contribution is -2.34. The van der Waals surface area contributed by atoms with Gasteiger partial charge in [-0.15, -0.1) is 0 Å². The highest BCUT2D eigenvalue weighted by Crippen LogP contribution is 2.27. The molecule has 2 aromatic rings. The number of aryl methyl sites for hydroxylation is 1. The first-order valence-electron chi connectivity index (χ1n) is 8.37. The van der Waals surface area contributed by atoms with Crippen LogP contribution < -0.4 is 5.32 Å². The van der Waals surface area contributed by atoms with Crippen LogP contribution in [0.15, 0.2) is 54.6 Å². The Hall–Kier alpha value is -2.62. The van der Waals surface area contributed by atoms with Gasteiger partial charge in [-0.2, -0.15) is 0 Å². The average Bonchev–Trinajstić information content (AvgIpc) is 2.97. The molecular formula is C20H22N2O2. The molecule has 1 atom stereocenters. The zero-order chi connectivity index (χ0) is 16.9. The molecule has 1 saturated heterocycles. The quantitative estimate of drug-likeness (QED) is 0.919. The molecule has 0 bridgehead atoms. The molecule has 1 aliphatic heterocycles. The maximum atomic E-state index is 12.2. The predicted octanol–water partition coefficient (Wildman–Crippen LogP) is 3.20. The van der Waals surface area contributed by atoms with Crippen LogP contribution in [0.4, 0.5) is 5.69 Å². The summed E-state index contributed by atoms with van der Waals surface area (Å²) in [6.45, 7) is 2.80. The number of rotatable bonds is 5. The number of nitrogens with one attached hydrogen (secondary N) is 1. The molecule has 0 radical (unpaired) electrons. The van der Waals surface area contributed by atoms with E-state index in [-0.39, 0.29) is 24.3 Å². The first-order valence-corrected chi connectivity index (χ1v) is 8.37. The summed E-state index contributed by atoms with van der Waals surface area (Å²) in [6.07, 6.45) is 1.44. The fourth-order valence-electron chi connectivity index (χ4n) is 3.07. The fraction of sp³-hybridized carbons (Fsp3) is 0.300. The number of carbonyl (C=O) groups excluding carboxylic acids is 2. The summed E-state index contributed by atoms with van der Waals surface area (Å²) in [7, 11) is 0. The summed E-state index contributed by atoms with van der Waals surface area (Å²) in [5.74, 6) is 0.0666. The monoisotopic (exact) mass is 322 g/mol.